The van der Waals surface area contributed by atoms with Crippen molar-refractivity contribution in [2.24, 2.45) is 5.92 Å². The molecule has 22 heavy (non-hydrogen) atoms. The van der Waals surface area contributed by atoms with Gasteiger partial charge in [0.1, 0.15) is 6.10 Å². The highest BCUT2D eigenvalue weighted by atomic mass is 16.5. The maximum Gasteiger partial charge on any atom is 0.302 e. The van der Waals surface area contributed by atoms with Gasteiger partial charge in [-0.05, 0) is 19.3 Å². The fraction of sp³-hybridized carbons (Fsp3) is 0.889. The first-order chi connectivity index (χ1) is 10.5. The lowest BCUT2D eigenvalue weighted by Gasteiger charge is -2.27. The number of aliphatic carboxylic acids is 1. The Balaban J connectivity index is 4.24. The third-order valence-corrected chi connectivity index (χ3v) is 4.03. The van der Waals surface area contributed by atoms with Gasteiger partial charge in [-0.3, -0.25) is 4.79 Å². The Morgan fingerprint density at radius 1 is 0.864 bits per heavy atom. The highest BCUT2D eigenvalue weighted by molar-refractivity contribution is 5.70. The summed E-state index contributed by atoms with van der Waals surface area (Å²) in [6, 6.07) is 0. The van der Waals surface area contributed by atoms with E-state index in [9.17, 15) is 14.7 Å². The zero-order valence-corrected chi connectivity index (χ0v) is 14.6. The highest BCUT2D eigenvalue weighted by Crippen LogP contribution is 2.21. The van der Waals surface area contributed by atoms with Crippen LogP contribution in [0.5, 0.6) is 0 Å². The van der Waals surface area contributed by atoms with Gasteiger partial charge in [0.15, 0.2) is 0 Å². The Hall–Kier alpha value is -1.06. The molecule has 0 radical (unpaired) electrons. The summed E-state index contributed by atoms with van der Waals surface area (Å²) < 4.78 is 5.26. The molecule has 0 aromatic rings. The van der Waals surface area contributed by atoms with Crippen LogP contribution in [0.1, 0.15) is 91.4 Å². The lowest BCUT2D eigenvalue weighted by molar-refractivity contribution is -0.314. The van der Waals surface area contributed by atoms with E-state index in [2.05, 4.69) is 6.92 Å². The number of carboxylic acids is 1. The van der Waals surface area contributed by atoms with E-state index in [4.69, 9.17) is 4.74 Å². The number of carboxylic acid groups (broad SMARTS) is 1. The van der Waals surface area contributed by atoms with Crippen molar-refractivity contribution in [1.29, 1.82) is 0 Å². The first kappa shape index (κ1) is 20.9. The number of rotatable bonds is 14. The number of hydrogen-bond donors (Lipinski definition) is 0. The summed E-state index contributed by atoms with van der Waals surface area (Å²) in [5, 5.41) is 11.3. The van der Waals surface area contributed by atoms with E-state index >= 15 is 0 Å². The van der Waals surface area contributed by atoms with Crippen molar-refractivity contribution in [3.8, 4) is 0 Å². The molecule has 0 fully saturated rings. The molecular weight excluding hydrogens is 280 g/mol. The second-order valence-corrected chi connectivity index (χ2v) is 6.13. The van der Waals surface area contributed by atoms with Crippen molar-refractivity contribution in [1.82, 2.24) is 0 Å². The molecule has 0 aliphatic heterocycles. The van der Waals surface area contributed by atoms with Gasteiger partial charge in [-0.15, -0.1) is 0 Å². The molecule has 0 bridgehead atoms. The van der Waals surface area contributed by atoms with Gasteiger partial charge in [-0.1, -0.05) is 65.2 Å². The molecule has 0 aliphatic carbocycles. The number of carbonyl (C=O) groups is 2. The minimum atomic E-state index is -1.09. The largest absolute Gasteiger partial charge is 0.550 e. The monoisotopic (exact) mass is 313 g/mol. The van der Waals surface area contributed by atoms with Gasteiger partial charge in [-0.25, -0.2) is 0 Å². The van der Waals surface area contributed by atoms with E-state index in [1.165, 1.54) is 32.6 Å². The second-order valence-electron chi connectivity index (χ2n) is 6.13. The van der Waals surface area contributed by atoms with Gasteiger partial charge < -0.3 is 14.6 Å². The molecule has 0 heterocycles. The molecule has 0 amide bonds. The predicted octanol–water partition coefficient (Wildman–Crippen LogP) is 3.62. The zero-order chi connectivity index (χ0) is 16.8. The molecule has 0 aromatic heterocycles. The van der Waals surface area contributed by atoms with Crippen molar-refractivity contribution in [3.05, 3.63) is 0 Å². The maximum absolute atomic E-state index is 11.3. The molecule has 0 saturated carbocycles. The zero-order valence-electron chi connectivity index (χ0n) is 14.6. The standard InChI is InChI=1S/C18H34O4/c1-4-6-8-9-10-11-12-14-17(22-15(3)19)16(18(20)21)13-7-5-2/h16-17H,4-14H2,1-3H3,(H,20,21)/p-1. The van der Waals surface area contributed by atoms with Crippen molar-refractivity contribution < 1.29 is 19.4 Å². The number of unbranched alkanes of at least 4 members (excludes halogenated alkanes) is 7. The molecule has 0 rings (SSSR count). The molecule has 2 unspecified atom stereocenters. The Morgan fingerprint density at radius 3 is 1.91 bits per heavy atom. The van der Waals surface area contributed by atoms with E-state index in [0.29, 0.717) is 12.8 Å². The van der Waals surface area contributed by atoms with Crippen LogP contribution in [0.4, 0.5) is 0 Å². The molecule has 0 saturated heterocycles. The van der Waals surface area contributed by atoms with Crippen LogP contribution in [0.3, 0.4) is 0 Å². The average molecular weight is 313 g/mol. The van der Waals surface area contributed by atoms with Gasteiger partial charge in [0.25, 0.3) is 0 Å². The molecule has 0 spiro atoms. The minimum absolute atomic E-state index is 0.407. The van der Waals surface area contributed by atoms with E-state index in [0.717, 1.165) is 32.1 Å². The Bertz CT molecular complexity index is 301. The summed E-state index contributed by atoms with van der Waals surface area (Å²) >= 11 is 0. The van der Waals surface area contributed by atoms with E-state index in [1.54, 1.807) is 0 Å². The Morgan fingerprint density at radius 2 is 1.41 bits per heavy atom. The Labute approximate surface area is 135 Å². The van der Waals surface area contributed by atoms with Gasteiger partial charge >= 0.3 is 5.97 Å². The fourth-order valence-corrected chi connectivity index (χ4v) is 2.74. The average Bonchev–Trinajstić information content (AvgIpc) is 2.45. The lowest BCUT2D eigenvalue weighted by Crippen LogP contribution is -2.40. The van der Waals surface area contributed by atoms with E-state index < -0.39 is 24.0 Å². The number of ether oxygens (including phenoxy) is 1. The molecule has 4 heteroatoms. The van der Waals surface area contributed by atoms with Crippen LogP contribution in [-0.2, 0) is 14.3 Å². The van der Waals surface area contributed by atoms with Crippen LogP contribution in [0, 0.1) is 5.92 Å². The van der Waals surface area contributed by atoms with E-state index in [1.807, 2.05) is 6.92 Å². The van der Waals surface area contributed by atoms with Crippen LogP contribution in [0.25, 0.3) is 0 Å². The quantitative estimate of drug-likeness (QED) is 0.363. The number of hydrogen-bond acceptors (Lipinski definition) is 4. The van der Waals surface area contributed by atoms with Crippen molar-refractivity contribution in [2.45, 2.75) is 97.5 Å². The van der Waals surface area contributed by atoms with Crippen molar-refractivity contribution in [3.63, 3.8) is 0 Å². The number of esters is 1. The van der Waals surface area contributed by atoms with Gasteiger partial charge in [0.2, 0.25) is 0 Å². The summed E-state index contributed by atoms with van der Waals surface area (Å²) in [5.41, 5.74) is 0. The van der Waals surface area contributed by atoms with Crippen LogP contribution < -0.4 is 5.11 Å². The third-order valence-electron chi connectivity index (χ3n) is 4.03. The molecule has 4 nitrogen and oxygen atoms in total. The van der Waals surface area contributed by atoms with Gasteiger partial charge in [-0.2, -0.15) is 0 Å². The molecule has 130 valence electrons. The summed E-state index contributed by atoms with van der Waals surface area (Å²) in [5.74, 6) is -2.18. The van der Waals surface area contributed by atoms with E-state index in [-0.39, 0.29) is 0 Å². The molecule has 0 aromatic carbocycles. The highest BCUT2D eigenvalue weighted by Gasteiger charge is 2.24. The lowest BCUT2D eigenvalue weighted by atomic mass is 9.92. The first-order valence-electron chi connectivity index (χ1n) is 8.90. The maximum atomic E-state index is 11.3. The van der Waals surface area contributed by atoms with Crippen LogP contribution in [0.2, 0.25) is 0 Å². The summed E-state index contributed by atoms with van der Waals surface area (Å²) in [6.07, 6.45) is 10.5. The van der Waals surface area contributed by atoms with Crippen LogP contribution >= 0.6 is 0 Å². The van der Waals surface area contributed by atoms with Crippen molar-refractivity contribution in [2.75, 3.05) is 0 Å². The SMILES string of the molecule is CCCCCCCCCC(OC(C)=O)C(CCCC)C(=O)[O-]. The van der Waals surface area contributed by atoms with Crippen LogP contribution in [0.15, 0.2) is 0 Å². The topological polar surface area (TPSA) is 66.4 Å². The smallest absolute Gasteiger partial charge is 0.302 e. The summed E-state index contributed by atoms with van der Waals surface area (Å²) in [6.45, 7) is 5.55. The molecule has 0 N–H and O–H groups in total. The Kier molecular flexibility index (Phi) is 12.9. The summed E-state index contributed by atoms with van der Waals surface area (Å²) in [7, 11) is 0. The fourth-order valence-electron chi connectivity index (χ4n) is 2.74. The third kappa shape index (κ3) is 10.6. The second kappa shape index (κ2) is 13.6. The van der Waals surface area contributed by atoms with Gasteiger partial charge in [0, 0.05) is 18.8 Å². The van der Waals surface area contributed by atoms with Crippen molar-refractivity contribution >= 4 is 11.9 Å². The van der Waals surface area contributed by atoms with Gasteiger partial charge in [0.05, 0.1) is 0 Å². The minimum Gasteiger partial charge on any atom is -0.550 e. The molecule has 0 aliphatic rings. The van der Waals surface area contributed by atoms with Crippen LogP contribution in [-0.4, -0.2) is 18.0 Å². The normalized spacial score (nSPS) is 13.6. The summed E-state index contributed by atoms with van der Waals surface area (Å²) in [4.78, 5) is 22.6. The molecule has 2 atom stereocenters. The predicted molar refractivity (Wildman–Crippen MR) is 86.2 cm³/mol. The number of carbonyl (C=O) groups excluding carboxylic acids is 2. The molecular formula is C18H33O4-. The first-order valence-corrected chi connectivity index (χ1v) is 8.90.